The second-order valence-electron chi connectivity index (χ2n) is 7.87. The van der Waals surface area contributed by atoms with E-state index in [9.17, 15) is 0 Å². The highest BCUT2D eigenvalue weighted by molar-refractivity contribution is 5.65. The molecule has 0 aliphatic carbocycles. The van der Waals surface area contributed by atoms with Crippen molar-refractivity contribution in [3.05, 3.63) is 29.3 Å². The molecule has 0 bridgehead atoms. The Bertz CT molecular complexity index is 526. The third-order valence-corrected chi connectivity index (χ3v) is 6.64. The van der Waals surface area contributed by atoms with Gasteiger partial charge in [0.25, 0.3) is 0 Å². The first-order chi connectivity index (χ1) is 11.4. The Hall–Kier alpha value is -1.06. The highest BCUT2D eigenvalue weighted by Gasteiger charge is 2.37. The predicted octanol–water partition coefficient (Wildman–Crippen LogP) is 3.57. The highest BCUT2D eigenvalue weighted by atomic mass is 15.2. The van der Waals surface area contributed by atoms with Gasteiger partial charge in [-0.25, -0.2) is 0 Å². The smallest absolute Gasteiger partial charge is 0.0463 e. The summed E-state index contributed by atoms with van der Waals surface area (Å²) in [5, 5.41) is 0. The first-order valence-electron chi connectivity index (χ1n) is 9.78. The molecule has 3 nitrogen and oxygen atoms in total. The van der Waals surface area contributed by atoms with Gasteiger partial charge in [0, 0.05) is 30.9 Å². The normalized spacial score (nSPS) is 31.6. The van der Waals surface area contributed by atoms with Crippen molar-refractivity contribution >= 4 is 5.69 Å². The van der Waals surface area contributed by atoms with Crippen LogP contribution in [0.15, 0.2) is 18.2 Å². The van der Waals surface area contributed by atoms with E-state index in [-0.39, 0.29) is 0 Å². The second kappa shape index (κ2) is 5.78. The fourth-order valence-electron chi connectivity index (χ4n) is 5.55. The van der Waals surface area contributed by atoms with Gasteiger partial charge in [-0.05, 0) is 75.8 Å². The Morgan fingerprint density at radius 3 is 1.61 bits per heavy atom. The van der Waals surface area contributed by atoms with E-state index in [1.54, 1.807) is 16.8 Å². The summed E-state index contributed by atoms with van der Waals surface area (Å²) in [7, 11) is 0. The van der Waals surface area contributed by atoms with Crippen LogP contribution < -0.4 is 4.90 Å². The number of likely N-dealkylation sites (tertiary alicyclic amines) is 2. The highest BCUT2D eigenvalue weighted by Crippen LogP contribution is 2.47. The molecular formula is C20H29N3. The predicted molar refractivity (Wildman–Crippen MR) is 95.0 cm³/mol. The SMILES string of the molecule is c1cc2c3c(c1)C(N1CCCC1)CCN3CCC2N1CCCC1. The maximum atomic E-state index is 2.76. The Morgan fingerprint density at radius 2 is 1.13 bits per heavy atom. The van der Waals surface area contributed by atoms with Crippen molar-refractivity contribution in [2.45, 2.75) is 50.6 Å². The van der Waals surface area contributed by atoms with E-state index in [0.717, 1.165) is 0 Å². The summed E-state index contributed by atoms with van der Waals surface area (Å²) in [6, 6.07) is 8.57. The summed E-state index contributed by atoms with van der Waals surface area (Å²) < 4.78 is 0. The zero-order valence-corrected chi connectivity index (χ0v) is 14.2. The van der Waals surface area contributed by atoms with E-state index in [4.69, 9.17) is 0 Å². The van der Waals surface area contributed by atoms with E-state index < -0.39 is 0 Å². The number of benzene rings is 1. The van der Waals surface area contributed by atoms with Crippen LogP contribution in [0.3, 0.4) is 0 Å². The lowest BCUT2D eigenvalue weighted by Crippen LogP contribution is -2.43. The third kappa shape index (κ3) is 2.32. The summed E-state index contributed by atoms with van der Waals surface area (Å²) in [4.78, 5) is 8.21. The van der Waals surface area contributed by atoms with Crippen molar-refractivity contribution in [1.29, 1.82) is 0 Å². The molecule has 0 saturated carbocycles. The van der Waals surface area contributed by atoms with Crippen molar-refractivity contribution in [2.24, 2.45) is 0 Å². The molecule has 0 spiro atoms. The third-order valence-electron chi connectivity index (χ3n) is 6.64. The van der Waals surface area contributed by atoms with Crippen LogP contribution in [0.5, 0.6) is 0 Å². The van der Waals surface area contributed by atoms with Gasteiger partial charge in [-0.2, -0.15) is 0 Å². The van der Waals surface area contributed by atoms with E-state index in [1.807, 2.05) is 0 Å². The lowest BCUT2D eigenvalue weighted by Gasteiger charge is -2.46. The molecule has 2 atom stereocenters. The number of hydrogen-bond acceptors (Lipinski definition) is 3. The van der Waals surface area contributed by atoms with Crippen molar-refractivity contribution in [1.82, 2.24) is 9.80 Å². The van der Waals surface area contributed by atoms with Gasteiger partial charge < -0.3 is 4.90 Å². The summed E-state index contributed by atoms with van der Waals surface area (Å²) in [5.41, 5.74) is 4.90. The van der Waals surface area contributed by atoms with Crippen molar-refractivity contribution in [3.8, 4) is 0 Å². The first kappa shape index (κ1) is 14.3. The van der Waals surface area contributed by atoms with Gasteiger partial charge in [-0.1, -0.05) is 18.2 Å². The fraction of sp³-hybridized carbons (Fsp3) is 0.700. The Labute approximate surface area is 140 Å². The lowest BCUT2D eigenvalue weighted by molar-refractivity contribution is 0.211. The van der Waals surface area contributed by atoms with Gasteiger partial charge in [0.05, 0.1) is 0 Å². The van der Waals surface area contributed by atoms with Crippen LogP contribution in [0.25, 0.3) is 0 Å². The van der Waals surface area contributed by atoms with Crippen molar-refractivity contribution < 1.29 is 0 Å². The average molecular weight is 311 g/mol. The molecular weight excluding hydrogens is 282 g/mol. The molecule has 23 heavy (non-hydrogen) atoms. The van der Waals surface area contributed by atoms with Crippen LogP contribution in [-0.4, -0.2) is 49.1 Å². The van der Waals surface area contributed by atoms with Gasteiger partial charge in [-0.3, -0.25) is 9.80 Å². The van der Waals surface area contributed by atoms with E-state index in [1.165, 1.54) is 77.8 Å². The minimum absolute atomic E-state index is 0.682. The number of para-hydroxylation sites is 1. The molecule has 1 aromatic carbocycles. The van der Waals surface area contributed by atoms with Crippen LogP contribution in [0.1, 0.15) is 61.7 Å². The molecule has 4 aliphatic heterocycles. The molecule has 5 rings (SSSR count). The number of hydrogen-bond donors (Lipinski definition) is 0. The van der Waals surface area contributed by atoms with Gasteiger partial charge in [0.2, 0.25) is 0 Å². The molecule has 4 aliphatic rings. The standard InChI is InChI=1S/C20H29N3/c1-2-11-21(10-1)18-8-14-23-15-9-19(22-12-3-4-13-22)17-7-5-6-16(18)20(17)23/h5-7,18-19H,1-4,8-15H2. The molecule has 0 N–H and O–H groups in total. The number of anilines is 1. The Balaban J connectivity index is 1.54. The van der Waals surface area contributed by atoms with Crippen LogP contribution in [0.4, 0.5) is 5.69 Å². The molecule has 0 aromatic heterocycles. The first-order valence-corrected chi connectivity index (χ1v) is 9.78. The van der Waals surface area contributed by atoms with Crippen molar-refractivity contribution in [2.75, 3.05) is 44.2 Å². The summed E-state index contributed by atoms with van der Waals surface area (Å²) >= 11 is 0. The molecule has 2 unspecified atom stereocenters. The maximum Gasteiger partial charge on any atom is 0.0463 e. The van der Waals surface area contributed by atoms with Gasteiger partial charge in [0.1, 0.15) is 0 Å². The van der Waals surface area contributed by atoms with Crippen molar-refractivity contribution in [3.63, 3.8) is 0 Å². The Morgan fingerprint density at radius 1 is 0.652 bits per heavy atom. The maximum absolute atomic E-state index is 2.76. The molecule has 3 heteroatoms. The Kier molecular flexibility index (Phi) is 3.60. The van der Waals surface area contributed by atoms with Crippen LogP contribution in [-0.2, 0) is 0 Å². The summed E-state index contributed by atoms with van der Waals surface area (Å²) in [6.45, 7) is 7.76. The molecule has 0 amide bonds. The van der Waals surface area contributed by atoms with Gasteiger partial charge >= 0.3 is 0 Å². The zero-order chi connectivity index (χ0) is 15.2. The topological polar surface area (TPSA) is 9.72 Å². The minimum atomic E-state index is 0.682. The zero-order valence-electron chi connectivity index (χ0n) is 14.2. The fourth-order valence-corrected chi connectivity index (χ4v) is 5.55. The van der Waals surface area contributed by atoms with Crippen LogP contribution in [0.2, 0.25) is 0 Å². The quantitative estimate of drug-likeness (QED) is 0.826. The minimum Gasteiger partial charge on any atom is -0.371 e. The van der Waals surface area contributed by atoms with E-state index in [2.05, 4.69) is 32.9 Å². The molecule has 0 radical (unpaired) electrons. The van der Waals surface area contributed by atoms with E-state index >= 15 is 0 Å². The van der Waals surface area contributed by atoms with Gasteiger partial charge in [0.15, 0.2) is 0 Å². The molecule has 2 saturated heterocycles. The molecule has 124 valence electrons. The number of nitrogens with zero attached hydrogens (tertiary/aromatic N) is 3. The number of rotatable bonds is 2. The summed E-state index contributed by atoms with van der Waals surface area (Å²) in [5.74, 6) is 0. The monoisotopic (exact) mass is 311 g/mol. The molecule has 1 aromatic rings. The van der Waals surface area contributed by atoms with Crippen LogP contribution in [0, 0.1) is 0 Å². The molecule has 4 heterocycles. The largest absolute Gasteiger partial charge is 0.371 e. The summed E-state index contributed by atoms with van der Waals surface area (Å²) in [6.07, 6.45) is 8.23. The van der Waals surface area contributed by atoms with E-state index in [0.29, 0.717) is 12.1 Å². The second-order valence-corrected chi connectivity index (χ2v) is 7.87. The lowest BCUT2D eigenvalue weighted by atomic mass is 9.86. The average Bonchev–Trinajstić information content (AvgIpc) is 3.30. The van der Waals surface area contributed by atoms with Gasteiger partial charge in [-0.15, -0.1) is 0 Å². The van der Waals surface area contributed by atoms with Crippen LogP contribution >= 0.6 is 0 Å². The molecule has 2 fully saturated rings.